The fraction of sp³-hybridized carbons (Fsp3) is 0.833. The quantitative estimate of drug-likeness (QED) is 0.686. The summed E-state index contributed by atoms with van der Waals surface area (Å²) in [4.78, 5) is 2.35. The predicted molar refractivity (Wildman–Crippen MR) is 60.3 cm³/mol. The van der Waals surface area contributed by atoms with Gasteiger partial charge in [-0.15, -0.1) is 6.58 Å². The summed E-state index contributed by atoms with van der Waals surface area (Å²) in [5.74, 6) is 0. The standard InChI is InChI=1S/C12H23NO/c1-6-9-13-11(2,3)8-7-10(14)12(13,4)5/h6,10,14H,1,7-9H2,2-5H3. The Bertz CT molecular complexity index is 220. The molecule has 1 heterocycles. The van der Waals surface area contributed by atoms with Crippen molar-refractivity contribution in [1.29, 1.82) is 0 Å². The number of aliphatic hydroxyl groups is 1. The highest BCUT2D eigenvalue weighted by atomic mass is 16.3. The highest BCUT2D eigenvalue weighted by Crippen LogP contribution is 2.37. The zero-order valence-electron chi connectivity index (χ0n) is 9.88. The molecule has 1 atom stereocenters. The van der Waals surface area contributed by atoms with Crippen molar-refractivity contribution in [3.8, 4) is 0 Å². The maximum absolute atomic E-state index is 9.99. The van der Waals surface area contributed by atoms with Gasteiger partial charge in [0, 0.05) is 17.6 Å². The van der Waals surface area contributed by atoms with Crippen molar-refractivity contribution in [2.75, 3.05) is 6.54 Å². The summed E-state index contributed by atoms with van der Waals surface area (Å²) in [5.41, 5.74) is 0.0207. The maximum Gasteiger partial charge on any atom is 0.0719 e. The van der Waals surface area contributed by atoms with Crippen LogP contribution >= 0.6 is 0 Å². The predicted octanol–water partition coefficient (Wildman–Crippen LogP) is 2.19. The molecule has 1 fully saturated rings. The summed E-state index contributed by atoms with van der Waals surface area (Å²) >= 11 is 0. The van der Waals surface area contributed by atoms with Crippen LogP contribution in [0.5, 0.6) is 0 Å². The fourth-order valence-corrected chi connectivity index (χ4v) is 2.55. The molecule has 0 amide bonds. The van der Waals surface area contributed by atoms with Crippen molar-refractivity contribution in [2.24, 2.45) is 0 Å². The van der Waals surface area contributed by atoms with Gasteiger partial charge in [0.1, 0.15) is 0 Å². The molecule has 2 heteroatoms. The molecule has 0 radical (unpaired) electrons. The number of hydrogen-bond donors (Lipinski definition) is 1. The van der Waals surface area contributed by atoms with Crippen LogP contribution in [0.3, 0.4) is 0 Å². The molecule has 0 aromatic carbocycles. The van der Waals surface area contributed by atoms with Crippen molar-refractivity contribution in [3.63, 3.8) is 0 Å². The Labute approximate surface area is 87.6 Å². The summed E-state index contributed by atoms with van der Waals surface area (Å²) in [6, 6.07) is 0. The number of hydrogen-bond acceptors (Lipinski definition) is 2. The van der Waals surface area contributed by atoms with E-state index in [2.05, 4.69) is 39.2 Å². The topological polar surface area (TPSA) is 23.5 Å². The highest BCUT2D eigenvalue weighted by molar-refractivity contribution is 5.03. The largest absolute Gasteiger partial charge is 0.391 e. The lowest BCUT2D eigenvalue weighted by molar-refractivity contribution is -0.0981. The van der Waals surface area contributed by atoms with E-state index in [-0.39, 0.29) is 17.2 Å². The van der Waals surface area contributed by atoms with Gasteiger partial charge >= 0.3 is 0 Å². The Morgan fingerprint density at radius 3 is 2.50 bits per heavy atom. The molecule has 1 unspecified atom stereocenters. The number of rotatable bonds is 2. The molecule has 1 rings (SSSR count). The van der Waals surface area contributed by atoms with Gasteiger partial charge in [0.05, 0.1) is 6.10 Å². The third-order valence-corrected chi connectivity index (χ3v) is 3.58. The fourth-order valence-electron chi connectivity index (χ4n) is 2.55. The summed E-state index contributed by atoms with van der Waals surface area (Å²) in [6.45, 7) is 13.3. The SMILES string of the molecule is C=CCN1C(C)(C)CCC(O)C1(C)C. The van der Waals surface area contributed by atoms with Gasteiger partial charge in [0.15, 0.2) is 0 Å². The van der Waals surface area contributed by atoms with Gasteiger partial charge < -0.3 is 5.11 Å². The molecule has 0 spiro atoms. The molecule has 1 aliphatic rings. The van der Waals surface area contributed by atoms with E-state index in [1.54, 1.807) is 0 Å². The van der Waals surface area contributed by atoms with E-state index in [9.17, 15) is 5.11 Å². The van der Waals surface area contributed by atoms with E-state index >= 15 is 0 Å². The molecule has 1 aliphatic heterocycles. The first-order chi connectivity index (χ1) is 6.32. The Morgan fingerprint density at radius 1 is 1.43 bits per heavy atom. The summed E-state index contributed by atoms with van der Waals surface area (Å²) in [7, 11) is 0. The van der Waals surface area contributed by atoms with Crippen LogP contribution in [0.1, 0.15) is 40.5 Å². The average molecular weight is 197 g/mol. The molecule has 2 nitrogen and oxygen atoms in total. The summed E-state index contributed by atoms with van der Waals surface area (Å²) in [5, 5.41) is 9.99. The molecule has 0 saturated carbocycles. The number of aliphatic hydroxyl groups excluding tert-OH is 1. The van der Waals surface area contributed by atoms with Crippen LogP contribution in [0, 0.1) is 0 Å². The minimum atomic E-state index is -0.226. The summed E-state index contributed by atoms with van der Waals surface area (Å²) < 4.78 is 0. The third-order valence-electron chi connectivity index (χ3n) is 3.58. The zero-order valence-corrected chi connectivity index (χ0v) is 9.88. The average Bonchev–Trinajstić information content (AvgIpc) is 2.07. The monoisotopic (exact) mass is 197 g/mol. The lowest BCUT2D eigenvalue weighted by Gasteiger charge is -2.54. The molecule has 14 heavy (non-hydrogen) atoms. The molecule has 0 aliphatic carbocycles. The first-order valence-corrected chi connectivity index (χ1v) is 5.39. The van der Waals surface area contributed by atoms with E-state index in [1.165, 1.54) is 0 Å². The Hall–Kier alpha value is -0.340. The van der Waals surface area contributed by atoms with Crippen LogP contribution in [0.2, 0.25) is 0 Å². The molecular weight excluding hydrogens is 174 g/mol. The molecule has 0 bridgehead atoms. The van der Waals surface area contributed by atoms with Crippen molar-refractivity contribution in [3.05, 3.63) is 12.7 Å². The van der Waals surface area contributed by atoms with Crippen LogP contribution in [-0.2, 0) is 0 Å². The Balaban J connectivity index is 2.93. The van der Waals surface area contributed by atoms with Gasteiger partial charge in [-0.1, -0.05) is 6.08 Å². The van der Waals surface area contributed by atoms with E-state index in [4.69, 9.17) is 0 Å². The smallest absolute Gasteiger partial charge is 0.0719 e. The third kappa shape index (κ3) is 1.86. The van der Waals surface area contributed by atoms with E-state index < -0.39 is 0 Å². The van der Waals surface area contributed by atoms with Gasteiger partial charge in [-0.3, -0.25) is 4.90 Å². The first-order valence-electron chi connectivity index (χ1n) is 5.39. The van der Waals surface area contributed by atoms with Crippen molar-refractivity contribution >= 4 is 0 Å². The Morgan fingerprint density at radius 2 is 2.00 bits per heavy atom. The Kier molecular flexibility index (Phi) is 3.07. The first kappa shape index (κ1) is 11.7. The molecule has 0 aromatic rings. The van der Waals surface area contributed by atoms with Gasteiger partial charge in [0.2, 0.25) is 0 Å². The minimum absolute atomic E-state index is 0.143. The molecule has 1 N–H and O–H groups in total. The number of nitrogens with zero attached hydrogens (tertiary/aromatic N) is 1. The van der Waals surface area contributed by atoms with Gasteiger partial charge in [-0.05, 0) is 40.5 Å². The normalized spacial score (nSPS) is 31.4. The van der Waals surface area contributed by atoms with Gasteiger partial charge in [0.25, 0.3) is 0 Å². The van der Waals surface area contributed by atoms with Gasteiger partial charge in [-0.25, -0.2) is 0 Å². The molecule has 82 valence electrons. The molecule has 1 saturated heterocycles. The lowest BCUT2D eigenvalue weighted by atomic mass is 9.78. The van der Waals surface area contributed by atoms with E-state index in [0.29, 0.717) is 0 Å². The molecule has 0 aromatic heterocycles. The van der Waals surface area contributed by atoms with Crippen LogP contribution in [0.25, 0.3) is 0 Å². The van der Waals surface area contributed by atoms with Crippen LogP contribution in [0.4, 0.5) is 0 Å². The van der Waals surface area contributed by atoms with Crippen LogP contribution < -0.4 is 0 Å². The van der Waals surface area contributed by atoms with E-state index in [1.807, 2.05) is 6.08 Å². The van der Waals surface area contributed by atoms with Crippen molar-refractivity contribution in [2.45, 2.75) is 57.7 Å². The number of likely N-dealkylation sites (tertiary alicyclic amines) is 1. The van der Waals surface area contributed by atoms with E-state index in [0.717, 1.165) is 19.4 Å². The van der Waals surface area contributed by atoms with Gasteiger partial charge in [-0.2, -0.15) is 0 Å². The lowest BCUT2D eigenvalue weighted by Crippen LogP contribution is -2.64. The van der Waals surface area contributed by atoms with Crippen LogP contribution in [0.15, 0.2) is 12.7 Å². The minimum Gasteiger partial charge on any atom is -0.391 e. The molecular formula is C12H23NO. The second kappa shape index (κ2) is 3.67. The summed E-state index contributed by atoms with van der Waals surface area (Å²) in [6.07, 6.45) is 3.64. The maximum atomic E-state index is 9.99. The van der Waals surface area contributed by atoms with Crippen molar-refractivity contribution < 1.29 is 5.11 Å². The highest BCUT2D eigenvalue weighted by Gasteiger charge is 2.45. The number of piperidine rings is 1. The second-order valence-electron chi connectivity index (χ2n) is 5.42. The second-order valence-corrected chi connectivity index (χ2v) is 5.42. The van der Waals surface area contributed by atoms with Crippen LogP contribution in [-0.4, -0.2) is 33.7 Å². The zero-order chi connectivity index (χ0) is 11.0. The van der Waals surface area contributed by atoms with Crippen molar-refractivity contribution in [1.82, 2.24) is 4.90 Å².